The van der Waals surface area contributed by atoms with Crippen molar-refractivity contribution in [1.29, 1.82) is 0 Å². The third-order valence-corrected chi connectivity index (χ3v) is 5.49. The van der Waals surface area contributed by atoms with Gasteiger partial charge < -0.3 is 0 Å². The van der Waals surface area contributed by atoms with Gasteiger partial charge in [-0.2, -0.15) is 0 Å². The number of hydrogen-bond donors (Lipinski definition) is 0. The SMILES string of the molecule is Fc1cccc(C2=N/C3=C/CCC(Cc4cccc5ccccc45)N=CC3=N2)c1F. The van der Waals surface area contributed by atoms with Crippen molar-refractivity contribution in [3.8, 4) is 0 Å². The van der Waals surface area contributed by atoms with Gasteiger partial charge in [-0.15, -0.1) is 0 Å². The van der Waals surface area contributed by atoms with Crippen molar-refractivity contribution >= 4 is 28.5 Å². The van der Waals surface area contributed by atoms with Crippen LogP contribution in [0.1, 0.15) is 24.0 Å². The molecule has 0 amide bonds. The van der Waals surface area contributed by atoms with E-state index < -0.39 is 11.6 Å². The molecule has 3 nitrogen and oxygen atoms in total. The molecule has 1 atom stereocenters. The van der Waals surface area contributed by atoms with Crippen LogP contribution in [0.25, 0.3) is 10.8 Å². The molecule has 5 heteroatoms. The smallest absolute Gasteiger partial charge is 0.169 e. The van der Waals surface area contributed by atoms with Crippen LogP contribution in [0.5, 0.6) is 0 Å². The monoisotopic (exact) mass is 399 g/mol. The zero-order chi connectivity index (χ0) is 20.5. The summed E-state index contributed by atoms with van der Waals surface area (Å²) in [5, 5.41) is 2.47. The highest BCUT2D eigenvalue weighted by Gasteiger charge is 2.22. The molecule has 0 aliphatic carbocycles. The summed E-state index contributed by atoms with van der Waals surface area (Å²) >= 11 is 0. The van der Waals surface area contributed by atoms with Gasteiger partial charge in [0.1, 0.15) is 5.71 Å². The molecule has 0 aromatic heterocycles. The van der Waals surface area contributed by atoms with Gasteiger partial charge in [0.05, 0.1) is 17.3 Å². The molecule has 148 valence electrons. The first-order valence-corrected chi connectivity index (χ1v) is 10.0. The van der Waals surface area contributed by atoms with Crippen molar-refractivity contribution in [2.45, 2.75) is 25.3 Å². The number of hydrogen-bond acceptors (Lipinski definition) is 3. The van der Waals surface area contributed by atoms with E-state index >= 15 is 0 Å². The molecule has 0 saturated heterocycles. The van der Waals surface area contributed by atoms with E-state index in [1.165, 1.54) is 28.5 Å². The highest BCUT2D eigenvalue weighted by atomic mass is 19.2. The predicted octanol–water partition coefficient (Wildman–Crippen LogP) is 5.68. The Hall–Kier alpha value is -3.47. The average Bonchev–Trinajstić information content (AvgIpc) is 3.14. The fourth-order valence-electron chi connectivity index (χ4n) is 3.95. The van der Waals surface area contributed by atoms with Gasteiger partial charge in [0.25, 0.3) is 0 Å². The number of fused-ring (bicyclic) bond motifs is 2. The maximum atomic E-state index is 14.1. The minimum atomic E-state index is -0.929. The molecule has 2 aliphatic rings. The fourth-order valence-corrected chi connectivity index (χ4v) is 3.95. The van der Waals surface area contributed by atoms with Crippen molar-refractivity contribution in [3.63, 3.8) is 0 Å². The summed E-state index contributed by atoms with van der Waals surface area (Å²) in [6.45, 7) is 0. The second-order valence-corrected chi connectivity index (χ2v) is 7.47. The number of aliphatic imine (C=N–C) groups is 3. The molecule has 0 bridgehead atoms. The van der Waals surface area contributed by atoms with E-state index in [2.05, 4.69) is 46.4 Å². The fraction of sp³-hybridized carbons (Fsp3) is 0.160. The van der Waals surface area contributed by atoms with Gasteiger partial charge in [-0.05, 0) is 47.7 Å². The van der Waals surface area contributed by atoms with Gasteiger partial charge in [-0.1, -0.05) is 54.6 Å². The molecule has 2 aliphatic heterocycles. The van der Waals surface area contributed by atoms with Crippen LogP contribution in [0.15, 0.2) is 87.4 Å². The predicted molar refractivity (Wildman–Crippen MR) is 118 cm³/mol. The van der Waals surface area contributed by atoms with E-state index in [1.807, 2.05) is 12.1 Å². The maximum Gasteiger partial charge on any atom is 0.169 e. The van der Waals surface area contributed by atoms with E-state index in [0.717, 1.165) is 25.3 Å². The van der Waals surface area contributed by atoms with Gasteiger partial charge >= 0.3 is 0 Å². The average molecular weight is 399 g/mol. The normalized spacial score (nSPS) is 20.1. The minimum absolute atomic E-state index is 0.0656. The summed E-state index contributed by atoms with van der Waals surface area (Å²) < 4.78 is 27.7. The molecule has 0 fully saturated rings. The van der Waals surface area contributed by atoms with Gasteiger partial charge in [-0.3, -0.25) is 4.99 Å². The van der Waals surface area contributed by atoms with E-state index in [0.29, 0.717) is 11.4 Å². The topological polar surface area (TPSA) is 37.1 Å². The molecule has 5 rings (SSSR count). The highest BCUT2D eigenvalue weighted by molar-refractivity contribution is 6.43. The van der Waals surface area contributed by atoms with E-state index in [4.69, 9.17) is 4.99 Å². The lowest BCUT2D eigenvalue weighted by Crippen LogP contribution is -2.13. The van der Waals surface area contributed by atoms with Crippen LogP contribution in [-0.2, 0) is 6.42 Å². The lowest BCUT2D eigenvalue weighted by molar-refractivity contribution is 0.507. The van der Waals surface area contributed by atoms with Crippen LogP contribution in [0.4, 0.5) is 8.78 Å². The van der Waals surface area contributed by atoms with Crippen molar-refractivity contribution in [2.75, 3.05) is 0 Å². The Kier molecular flexibility index (Phi) is 4.79. The Morgan fingerprint density at radius 2 is 1.73 bits per heavy atom. The zero-order valence-electron chi connectivity index (χ0n) is 16.2. The maximum absolute atomic E-state index is 14.1. The van der Waals surface area contributed by atoms with Gasteiger partial charge in [-0.25, -0.2) is 18.8 Å². The van der Waals surface area contributed by atoms with Crippen LogP contribution >= 0.6 is 0 Å². The summed E-state index contributed by atoms with van der Waals surface area (Å²) in [6.07, 6.45) is 6.23. The Balaban J connectivity index is 1.41. The molecule has 30 heavy (non-hydrogen) atoms. The van der Waals surface area contributed by atoms with Gasteiger partial charge in [0.15, 0.2) is 17.5 Å². The van der Waals surface area contributed by atoms with E-state index in [9.17, 15) is 8.78 Å². The first-order chi connectivity index (χ1) is 14.7. The highest BCUT2D eigenvalue weighted by Crippen LogP contribution is 2.24. The third-order valence-electron chi connectivity index (χ3n) is 5.49. The molecule has 0 saturated carbocycles. The molecular formula is C25H19F2N3. The summed E-state index contributed by atoms with van der Waals surface area (Å²) in [5.74, 6) is -1.65. The quantitative estimate of drug-likeness (QED) is 0.544. The largest absolute Gasteiger partial charge is 0.287 e. The van der Waals surface area contributed by atoms with E-state index in [-0.39, 0.29) is 17.4 Å². The zero-order valence-corrected chi connectivity index (χ0v) is 16.2. The van der Waals surface area contributed by atoms with Crippen LogP contribution in [0, 0.1) is 11.6 Å². The van der Waals surface area contributed by atoms with Gasteiger partial charge in [0, 0.05) is 6.21 Å². The summed E-state index contributed by atoms with van der Waals surface area (Å²) in [7, 11) is 0. The standard InChI is InChI=1S/C25H19F2N3/c26-21-12-5-11-20(24(21)27)25-29-22-13-4-9-18(28-15-23(22)30-25)14-17-8-3-7-16-6-1-2-10-19(16)17/h1-3,5-8,10-13,15,18H,4,9,14H2/b22-13+,28-15?. The number of allylic oxidation sites excluding steroid dienone is 2. The lowest BCUT2D eigenvalue weighted by atomic mass is 9.96. The Labute approximate surface area is 173 Å². The third kappa shape index (κ3) is 3.47. The molecule has 2 heterocycles. The Bertz CT molecular complexity index is 1250. The van der Waals surface area contributed by atoms with Crippen LogP contribution < -0.4 is 0 Å². The van der Waals surface area contributed by atoms with Crippen LogP contribution in [-0.4, -0.2) is 23.8 Å². The number of amidine groups is 1. The summed E-state index contributed by atoms with van der Waals surface area (Å²) in [4.78, 5) is 13.6. The Morgan fingerprint density at radius 3 is 2.67 bits per heavy atom. The van der Waals surface area contributed by atoms with Crippen LogP contribution in [0.3, 0.4) is 0 Å². The number of nitrogens with zero attached hydrogens (tertiary/aromatic N) is 3. The van der Waals surface area contributed by atoms with Crippen molar-refractivity contribution in [3.05, 3.63) is 95.2 Å². The molecule has 3 aromatic rings. The molecule has 3 aromatic carbocycles. The van der Waals surface area contributed by atoms with Crippen molar-refractivity contribution in [2.24, 2.45) is 15.0 Å². The summed E-state index contributed by atoms with van der Waals surface area (Å²) in [6, 6.07) is 18.9. The minimum Gasteiger partial charge on any atom is -0.287 e. The molecule has 0 N–H and O–H groups in total. The van der Waals surface area contributed by atoms with Gasteiger partial charge in [0.2, 0.25) is 0 Å². The first kappa shape index (κ1) is 18.6. The number of benzene rings is 3. The summed E-state index contributed by atoms with van der Waals surface area (Å²) in [5.41, 5.74) is 2.60. The Morgan fingerprint density at radius 1 is 0.900 bits per heavy atom. The second kappa shape index (κ2) is 7.75. The van der Waals surface area contributed by atoms with Crippen LogP contribution in [0.2, 0.25) is 0 Å². The van der Waals surface area contributed by atoms with Crippen molar-refractivity contribution in [1.82, 2.24) is 0 Å². The first-order valence-electron chi connectivity index (χ1n) is 10.0. The number of rotatable bonds is 3. The lowest BCUT2D eigenvalue weighted by Gasteiger charge is -2.15. The second-order valence-electron chi connectivity index (χ2n) is 7.47. The van der Waals surface area contributed by atoms with Crippen molar-refractivity contribution < 1.29 is 8.78 Å². The molecule has 0 radical (unpaired) electrons. The van der Waals surface area contributed by atoms with E-state index in [1.54, 1.807) is 6.21 Å². The molecule has 0 spiro atoms. The molecule has 1 unspecified atom stereocenters. The number of halogens is 2. The molecular weight excluding hydrogens is 380 g/mol.